The van der Waals surface area contributed by atoms with E-state index in [2.05, 4.69) is 15.9 Å². The Morgan fingerprint density at radius 3 is 2.71 bits per heavy atom. The van der Waals surface area contributed by atoms with E-state index in [0.717, 1.165) is 10.2 Å². The standard InChI is InChI=1S/C13H17BrO3/c1-4-16-8-9(2)17-11-5-6-12(10(3)15)13(14)7-11/h5-7,9H,4,8H2,1-3H3. The molecule has 0 bridgehead atoms. The Morgan fingerprint density at radius 2 is 2.18 bits per heavy atom. The van der Waals surface area contributed by atoms with E-state index in [-0.39, 0.29) is 11.9 Å². The Labute approximate surface area is 110 Å². The number of benzene rings is 1. The molecule has 0 fully saturated rings. The normalized spacial score (nSPS) is 12.2. The molecule has 0 aliphatic rings. The summed E-state index contributed by atoms with van der Waals surface area (Å²) in [7, 11) is 0. The van der Waals surface area contributed by atoms with Crippen molar-refractivity contribution in [2.75, 3.05) is 13.2 Å². The number of carbonyl (C=O) groups is 1. The predicted molar refractivity (Wildman–Crippen MR) is 70.7 cm³/mol. The number of Topliss-reactive ketones (excluding diaryl/α,β-unsaturated/α-hetero) is 1. The highest BCUT2D eigenvalue weighted by molar-refractivity contribution is 9.10. The zero-order chi connectivity index (χ0) is 12.8. The van der Waals surface area contributed by atoms with Crippen LogP contribution in [0.25, 0.3) is 0 Å². The predicted octanol–water partition coefficient (Wildman–Crippen LogP) is 3.46. The molecule has 0 amide bonds. The van der Waals surface area contributed by atoms with Crippen molar-refractivity contribution < 1.29 is 14.3 Å². The summed E-state index contributed by atoms with van der Waals surface area (Å²) in [4.78, 5) is 11.3. The first-order chi connectivity index (χ1) is 8.04. The van der Waals surface area contributed by atoms with Crippen LogP contribution < -0.4 is 4.74 Å². The molecular formula is C13H17BrO3. The van der Waals surface area contributed by atoms with Gasteiger partial charge in [-0.15, -0.1) is 0 Å². The van der Waals surface area contributed by atoms with Crippen molar-refractivity contribution in [3.05, 3.63) is 28.2 Å². The van der Waals surface area contributed by atoms with Crippen LogP contribution in [-0.2, 0) is 4.74 Å². The summed E-state index contributed by atoms with van der Waals surface area (Å²) in [5.41, 5.74) is 0.662. The van der Waals surface area contributed by atoms with Gasteiger partial charge in [0, 0.05) is 16.6 Å². The number of ether oxygens (including phenoxy) is 2. The Hall–Kier alpha value is -0.870. The second kappa shape index (κ2) is 6.77. The maximum Gasteiger partial charge on any atom is 0.160 e. The lowest BCUT2D eigenvalue weighted by Gasteiger charge is -2.15. The monoisotopic (exact) mass is 300 g/mol. The minimum absolute atomic E-state index is 0.00923. The molecule has 0 aliphatic carbocycles. The molecule has 0 radical (unpaired) electrons. The molecule has 0 saturated carbocycles. The molecule has 3 nitrogen and oxygen atoms in total. The molecular weight excluding hydrogens is 284 g/mol. The molecule has 0 aromatic heterocycles. The Bertz CT molecular complexity index is 390. The molecule has 1 unspecified atom stereocenters. The summed E-state index contributed by atoms with van der Waals surface area (Å²) in [5.74, 6) is 0.764. The zero-order valence-corrected chi connectivity index (χ0v) is 11.9. The third kappa shape index (κ3) is 4.48. The van der Waals surface area contributed by atoms with Gasteiger partial charge >= 0.3 is 0 Å². The number of carbonyl (C=O) groups excluding carboxylic acids is 1. The summed E-state index contributed by atoms with van der Waals surface area (Å²) in [6.45, 7) is 6.68. The second-order valence-electron chi connectivity index (χ2n) is 3.79. The van der Waals surface area contributed by atoms with Crippen molar-refractivity contribution in [3.63, 3.8) is 0 Å². The van der Waals surface area contributed by atoms with Crippen LogP contribution in [0.4, 0.5) is 0 Å². The largest absolute Gasteiger partial charge is 0.488 e. The maximum atomic E-state index is 11.3. The fraction of sp³-hybridized carbons (Fsp3) is 0.462. The average molecular weight is 301 g/mol. The lowest BCUT2D eigenvalue weighted by molar-refractivity contribution is 0.0657. The van der Waals surface area contributed by atoms with Gasteiger partial charge in [-0.2, -0.15) is 0 Å². The summed E-state index contributed by atoms with van der Waals surface area (Å²) < 4.78 is 11.7. The molecule has 0 aliphatic heterocycles. The van der Waals surface area contributed by atoms with Gasteiger partial charge in [-0.1, -0.05) is 0 Å². The number of ketones is 1. The van der Waals surface area contributed by atoms with Gasteiger partial charge in [-0.3, -0.25) is 4.79 Å². The van der Waals surface area contributed by atoms with Crippen LogP contribution in [-0.4, -0.2) is 25.1 Å². The van der Waals surface area contributed by atoms with Gasteiger partial charge < -0.3 is 9.47 Å². The highest BCUT2D eigenvalue weighted by Crippen LogP contribution is 2.24. The van der Waals surface area contributed by atoms with Crippen molar-refractivity contribution >= 4 is 21.7 Å². The van der Waals surface area contributed by atoms with E-state index in [1.165, 1.54) is 0 Å². The van der Waals surface area contributed by atoms with Crippen molar-refractivity contribution in [2.24, 2.45) is 0 Å². The smallest absolute Gasteiger partial charge is 0.160 e. The van der Waals surface area contributed by atoms with Crippen LogP contribution in [0, 0.1) is 0 Å². The van der Waals surface area contributed by atoms with Gasteiger partial charge in [0.25, 0.3) is 0 Å². The summed E-state index contributed by atoms with van der Waals surface area (Å²) >= 11 is 3.36. The fourth-order valence-corrected chi connectivity index (χ4v) is 2.04. The molecule has 17 heavy (non-hydrogen) atoms. The van der Waals surface area contributed by atoms with Crippen LogP contribution in [0.15, 0.2) is 22.7 Å². The molecule has 1 aromatic rings. The van der Waals surface area contributed by atoms with Crippen LogP contribution >= 0.6 is 15.9 Å². The zero-order valence-electron chi connectivity index (χ0n) is 10.3. The maximum absolute atomic E-state index is 11.3. The van der Waals surface area contributed by atoms with Crippen molar-refractivity contribution in [3.8, 4) is 5.75 Å². The van der Waals surface area contributed by atoms with E-state index in [0.29, 0.717) is 18.8 Å². The minimum Gasteiger partial charge on any atom is -0.488 e. The second-order valence-corrected chi connectivity index (χ2v) is 4.64. The van der Waals surface area contributed by atoms with Crippen molar-refractivity contribution in [1.29, 1.82) is 0 Å². The lowest BCUT2D eigenvalue weighted by Crippen LogP contribution is -2.19. The molecule has 0 spiro atoms. The van der Waals surface area contributed by atoms with Gasteiger partial charge in [-0.05, 0) is 54.9 Å². The Balaban J connectivity index is 2.67. The number of halogens is 1. The molecule has 0 N–H and O–H groups in total. The van der Waals surface area contributed by atoms with Gasteiger partial charge in [0.2, 0.25) is 0 Å². The van der Waals surface area contributed by atoms with E-state index in [1.807, 2.05) is 13.8 Å². The molecule has 94 valence electrons. The number of hydrogen-bond acceptors (Lipinski definition) is 3. The van der Waals surface area contributed by atoms with E-state index < -0.39 is 0 Å². The van der Waals surface area contributed by atoms with Gasteiger partial charge in [-0.25, -0.2) is 0 Å². The molecule has 1 rings (SSSR count). The molecule has 4 heteroatoms. The van der Waals surface area contributed by atoms with E-state index in [4.69, 9.17) is 9.47 Å². The summed E-state index contributed by atoms with van der Waals surface area (Å²) in [5, 5.41) is 0. The molecule has 1 atom stereocenters. The molecule has 0 saturated heterocycles. The summed E-state index contributed by atoms with van der Waals surface area (Å²) in [6.07, 6.45) is -0.00923. The lowest BCUT2D eigenvalue weighted by atomic mass is 10.1. The van der Waals surface area contributed by atoms with Crippen LogP contribution in [0.3, 0.4) is 0 Å². The minimum atomic E-state index is -0.00923. The highest BCUT2D eigenvalue weighted by Gasteiger charge is 2.08. The van der Waals surface area contributed by atoms with Crippen molar-refractivity contribution in [2.45, 2.75) is 26.9 Å². The van der Waals surface area contributed by atoms with E-state index in [1.54, 1.807) is 25.1 Å². The SMILES string of the molecule is CCOCC(C)Oc1ccc(C(C)=O)c(Br)c1. The molecule has 0 heterocycles. The van der Waals surface area contributed by atoms with Crippen molar-refractivity contribution in [1.82, 2.24) is 0 Å². The Kier molecular flexibility index (Phi) is 5.65. The van der Waals surface area contributed by atoms with Gasteiger partial charge in [0.1, 0.15) is 11.9 Å². The first kappa shape index (κ1) is 14.2. The van der Waals surface area contributed by atoms with E-state index in [9.17, 15) is 4.79 Å². The average Bonchev–Trinajstić information content (AvgIpc) is 2.26. The van der Waals surface area contributed by atoms with E-state index >= 15 is 0 Å². The highest BCUT2D eigenvalue weighted by atomic mass is 79.9. The topological polar surface area (TPSA) is 35.5 Å². The van der Waals surface area contributed by atoms with Gasteiger partial charge in [0.05, 0.1) is 6.61 Å². The number of rotatable bonds is 6. The Morgan fingerprint density at radius 1 is 1.47 bits per heavy atom. The summed E-state index contributed by atoms with van der Waals surface area (Å²) in [6, 6.07) is 5.36. The first-order valence-electron chi connectivity index (χ1n) is 5.59. The first-order valence-corrected chi connectivity index (χ1v) is 6.38. The number of hydrogen-bond donors (Lipinski definition) is 0. The molecule has 1 aromatic carbocycles. The van der Waals surface area contributed by atoms with Crippen LogP contribution in [0.5, 0.6) is 5.75 Å². The van der Waals surface area contributed by atoms with Crippen LogP contribution in [0.2, 0.25) is 0 Å². The van der Waals surface area contributed by atoms with Crippen LogP contribution in [0.1, 0.15) is 31.1 Å². The fourth-order valence-electron chi connectivity index (χ4n) is 1.40. The quantitative estimate of drug-likeness (QED) is 0.755. The third-order valence-electron chi connectivity index (χ3n) is 2.21. The van der Waals surface area contributed by atoms with Gasteiger partial charge in [0.15, 0.2) is 5.78 Å². The third-order valence-corrected chi connectivity index (χ3v) is 2.87.